The number of hydrogen-bond donors (Lipinski definition) is 0. The predicted molar refractivity (Wildman–Crippen MR) is 98.0 cm³/mol. The van der Waals surface area contributed by atoms with Crippen LogP contribution in [0.4, 0.5) is 5.69 Å². The van der Waals surface area contributed by atoms with E-state index in [0.29, 0.717) is 12.0 Å². The predicted octanol–water partition coefficient (Wildman–Crippen LogP) is 4.76. The third-order valence-electron chi connectivity index (χ3n) is 5.92. The molecular weight excluding hydrogens is 336 g/mol. The molecule has 1 spiro atoms. The summed E-state index contributed by atoms with van der Waals surface area (Å²) in [6.07, 6.45) is 6.30. The summed E-state index contributed by atoms with van der Waals surface area (Å²) >= 11 is 0. The molecule has 0 N–H and O–H groups in total. The highest BCUT2D eigenvalue weighted by Crippen LogP contribution is 2.54. The normalized spacial score (nSPS) is 25.8. The highest BCUT2D eigenvalue weighted by Gasteiger charge is 2.53. The van der Waals surface area contributed by atoms with E-state index in [2.05, 4.69) is 38.8 Å². The molecule has 1 aromatic heterocycles. The summed E-state index contributed by atoms with van der Waals surface area (Å²) in [5.41, 5.74) is 0.513. The molecule has 1 aliphatic carbocycles. The summed E-state index contributed by atoms with van der Waals surface area (Å²) in [7, 11) is -1.89. The Morgan fingerprint density at radius 3 is 2.64 bits per heavy atom. The van der Waals surface area contributed by atoms with Crippen molar-refractivity contribution in [1.29, 1.82) is 0 Å². The highest BCUT2D eigenvalue weighted by molar-refractivity contribution is 6.74. The van der Waals surface area contributed by atoms with E-state index < -0.39 is 8.32 Å². The molecule has 1 saturated heterocycles. The van der Waals surface area contributed by atoms with Crippen molar-refractivity contribution < 1.29 is 14.1 Å². The summed E-state index contributed by atoms with van der Waals surface area (Å²) in [6, 6.07) is 1.72. The lowest BCUT2D eigenvalue weighted by Gasteiger charge is -2.43. The third-order valence-corrected chi connectivity index (χ3v) is 10.5. The van der Waals surface area contributed by atoms with Gasteiger partial charge in [-0.15, -0.1) is 0 Å². The van der Waals surface area contributed by atoms with E-state index in [4.69, 9.17) is 9.16 Å². The molecule has 2 fully saturated rings. The molecule has 7 heteroatoms. The van der Waals surface area contributed by atoms with Crippen molar-refractivity contribution in [2.24, 2.45) is 0 Å². The molecule has 2 aliphatic rings. The Morgan fingerprint density at radius 1 is 1.40 bits per heavy atom. The molecule has 2 unspecified atom stereocenters. The third kappa shape index (κ3) is 3.78. The molecule has 2 atom stereocenters. The van der Waals surface area contributed by atoms with Crippen LogP contribution in [0.3, 0.4) is 0 Å². The van der Waals surface area contributed by atoms with Gasteiger partial charge in [-0.2, -0.15) is 0 Å². The second-order valence-corrected chi connectivity index (χ2v) is 13.7. The second kappa shape index (κ2) is 6.14. The number of aromatic nitrogens is 1. The van der Waals surface area contributed by atoms with Crippen LogP contribution in [-0.4, -0.2) is 29.9 Å². The molecule has 1 aromatic rings. The second-order valence-electron chi connectivity index (χ2n) is 8.92. The van der Waals surface area contributed by atoms with Gasteiger partial charge in [0, 0.05) is 19.0 Å². The zero-order valence-electron chi connectivity index (χ0n) is 15.7. The fraction of sp³-hybridized carbons (Fsp3) is 0.722. The van der Waals surface area contributed by atoms with Gasteiger partial charge in [-0.25, -0.2) is 0 Å². The topological polar surface area (TPSA) is 74.5 Å². The fourth-order valence-corrected chi connectivity index (χ4v) is 4.66. The first kappa shape index (κ1) is 18.5. The van der Waals surface area contributed by atoms with Crippen LogP contribution in [0, 0.1) is 10.1 Å². The van der Waals surface area contributed by atoms with Crippen LogP contribution < -0.4 is 0 Å². The van der Waals surface area contributed by atoms with Crippen LogP contribution in [0.25, 0.3) is 0 Å². The quantitative estimate of drug-likeness (QED) is 0.437. The van der Waals surface area contributed by atoms with Gasteiger partial charge in [-0.05, 0) is 37.0 Å². The lowest BCUT2D eigenvalue weighted by Crippen LogP contribution is -2.47. The Labute approximate surface area is 150 Å². The minimum atomic E-state index is -1.89. The molecular formula is C18H28N2O4Si. The average Bonchev–Trinajstić information content (AvgIpc) is 3.23. The lowest BCUT2D eigenvalue weighted by atomic mass is 9.95. The van der Waals surface area contributed by atoms with Gasteiger partial charge in [0.1, 0.15) is 6.20 Å². The SMILES string of the molecule is CC(C)(C)[Si](C)(C)OC1CC(c2ccncc2[N+](=O)[O-])OC2(CC2)C1. The van der Waals surface area contributed by atoms with Crippen LogP contribution in [0.2, 0.25) is 18.1 Å². The summed E-state index contributed by atoms with van der Waals surface area (Å²) in [5, 5.41) is 11.5. The van der Waals surface area contributed by atoms with Crippen molar-refractivity contribution in [1.82, 2.24) is 4.98 Å². The van der Waals surface area contributed by atoms with Crippen molar-refractivity contribution in [2.45, 2.75) is 82.4 Å². The van der Waals surface area contributed by atoms with Crippen molar-refractivity contribution >= 4 is 14.0 Å². The molecule has 3 rings (SSSR count). The van der Waals surface area contributed by atoms with Crippen LogP contribution in [0.1, 0.15) is 58.1 Å². The molecule has 25 heavy (non-hydrogen) atoms. The van der Waals surface area contributed by atoms with Gasteiger partial charge >= 0.3 is 0 Å². The lowest BCUT2D eigenvalue weighted by molar-refractivity contribution is -0.386. The Hall–Kier alpha value is -1.31. The van der Waals surface area contributed by atoms with E-state index in [0.717, 1.165) is 19.3 Å². The largest absolute Gasteiger partial charge is 0.414 e. The summed E-state index contributed by atoms with van der Waals surface area (Å²) in [5.74, 6) is 0. The maximum atomic E-state index is 11.4. The van der Waals surface area contributed by atoms with E-state index >= 15 is 0 Å². The van der Waals surface area contributed by atoms with Crippen molar-refractivity contribution in [3.05, 3.63) is 34.1 Å². The molecule has 138 valence electrons. The maximum Gasteiger partial charge on any atom is 0.293 e. The molecule has 0 amide bonds. The van der Waals surface area contributed by atoms with Gasteiger partial charge in [0.15, 0.2) is 8.32 Å². The zero-order chi connectivity index (χ0) is 18.5. The minimum absolute atomic E-state index is 0.0382. The number of nitrogens with zero attached hydrogens (tertiary/aromatic N) is 2. The first-order valence-electron chi connectivity index (χ1n) is 8.97. The standard InChI is InChI=1S/C18H28N2O4Si/c1-17(2,3)25(4,5)24-13-10-16(23-18(11-13)7-8-18)14-6-9-19-12-15(14)20(21)22/h6,9,12-13,16H,7-8,10-11H2,1-5H3. The summed E-state index contributed by atoms with van der Waals surface area (Å²) < 4.78 is 12.9. The average molecular weight is 365 g/mol. The van der Waals surface area contributed by atoms with E-state index in [1.807, 2.05) is 0 Å². The number of rotatable bonds is 4. The molecule has 0 aromatic carbocycles. The molecule has 0 radical (unpaired) electrons. The number of nitro groups is 1. The van der Waals surface area contributed by atoms with Gasteiger partial charge in [0.2, 0.25) is 0 Å². The first-order chi connectivity index (χ1) is 11.5. The van der Waals surface area contributed by atoms with Crippen molar-refractivity contribution in [3.63, 3.8) is 0 Å². The van der Waals surface area contributed by atoms with Crippen LogP contribution >= 0.6 is 0 Å². The Balaban J connectivity index is 1.85. The minimum Gasteiger partial charge on any atom is -0.414 e. The van der Waals surface area contributed by atoms with Crippen LogP contribution in [0.15, 0.2) is 18.5 Å². The van der Waals surface area contributed by atoms with Gasteiger partial charge in [-0.1, -0.05) is 20.8 Å². The van der Waals surface area contributed by atoms with E-state index in [-0.39, 0.29) is 33.5 Å². The van der Waals surface area contributed by atoms with Gasteiger partial charge < -0.3 is 9.16 Å². The van der Waals surface area contributed by atoms with Gasteiger partial charge in [0.25, 0.3) is 5.69 Å². The number of hydrogen-bond acceptors (Lipinski definition) is 5. The zero-order valence-corrected chi connectivity index (χ0v) is 16.7. The number of ether oxygens (including phenoxy) is 1. The Bertz CT molecular complexity index is 667. The fourth-order valence-electron chi connectivity index (χ4n) is 3.29. The molecule has 1 aliphatic heterocycles. The summed E-state index contributed by atoms with van der Waals surface area (Å²) in [4.78, 5) is 14.9. The monoisotopic (exact) mass is 364 g/mol. The van der Waals surface area contributed by atoms with Gasteiger partial charge in [0.05, 0.1) is 28.3 Å². The molecule has 2 heterocycles. The molecule has 1 saturated carbocycles. The smallest absolute Gasteiger partial charge is 0.293 e. The highest BCUT2D eigenvalue weighted by atomic mass is 28.4. The Kier molecular flexibility index (Phi) is 4.54. The molecule has 0 bridgehead atoms. The van der Waals surface area contributed by atoms with Gasteiger partial charge in [-0.3, -0.25) is 15.1 Å². The van der Waals surface area contributed by atoms with Crippen molar-refractivity contribution in [3.8, 4) is 0 Å². The van der Waals surface area contributed by atoms with E-state index in [1.165, 1.54) is 6.20 Å². The first-order valence-corrected chi connectivity index (χ1v) is 11.9. The maximum absolute atomic E-state index is 11.4. The van der Waals surface area contributed by atoms with E-state index in [9.17, 15) is 10.1 Å². The Morgan fingerprint density at radius 2 is 2.08 bits per heavy atom. The van der Waals surface area contributed by atoms with Crippen LogP contribution in [0.5, 0.6) is 0 Å². The summed E-state index contributed by atoms with van der Waals surface area (Å²) in [6.45, 7) is 11.2. The molecule has 6 nitrogen and oxygen atoms in total. The number of pyridine rings is 1. The van der Waals surface area contributed by atoms with Crippen molar-refractivity contribution in [2.75, 3.05) is 0 Å². The van der Waals surface area contributed by atoms with Crippen LogP contribution in [-0.2, 0) is 9.16 Å². The van der Waals surface area contributed by atoms with E-state index in [1.54, 1.807) is 12.3 Å².